The van der Waals surface area contributed by atoms with Gasteiger partial charge in [0.1, 0.15) is 0 Å². The lowest BCUT2D eigenvalue weighted by Crippen LogP contribution is -2.46. The van der Waals surface area contributed by atoms with Gasteiger partial charge in [-0.15, -0.1) is 0 Å². The molecule has 0 aromatic heterocycles. The molecule has 3 rings (SSSR count). The predicted molar refractivity (Wildman–Crippen MR) is 67.5 cm³/mol. The Labute approximate surface area is 119 Å². The molecule has 0 N–H and O–H groups in total. The number of hydrogen-bond acceptors (Lipinski definition) is 2. The number of alkyl halides is 3. The Morgan fingerprint density at radius 2 is 2.00 bits per heavy atom. The summed E-state index contributed by atoms with van der Waals surface area (Å²) in [5.41, 5.74) is -0.634. The number of halogens is 4. The van der Waals surface area contributed by atoms with Crippen molar-refractivity contribution in [1.29, 1.82) is 0 Å². The highest BCUT2D eigenvalue weighted by Gasteiger charge is 2.47. The van der Waals surface area contributed by atoms with E-state index in [9.17, 15) is 18.0 Å². The van der Waals surface area contributed by atoms with Gasteiger partial charge in [0.15, 0.2) is 0 Å². The van der Waals surface area contributed by atoms with E-state index in [0.29, 0.717) is 18.7 Å². The van der Waals surface area contributed by atoms with Gasteiger partial charge in [-0.3, -0.25) is 4.79 Å². The van der Waals surface area contributed by atoms with E-state index >= 15 is 0 Å². The minimum Gasteiger partial charge on any atom is -0.337 e. The van der Waals surface area contributed by atoms with E-state index < -0.39 is 17.6 Å². The Balaban J connectivity index is 2.20. The first-order valence-corrected chi connectivity index (χ1v) is 6.52. The molecule has 0 unspecified atom stereocenters. The molecule has 2 atom stereocenters. The summed E-state index contributed by atoms with van der Waals surface area (Å²) in [5, 5.41) is 0. The monoisotopic (exact) mass is 304 g/mol. The van der Waals surface area contributed by atoms with Crippen LogP contribution in [0.2, 0.25) is 0 Å². The molecule has 108 valence electrons. The minimum absolute atomic E-state index is 0.170. The third-order valence-corrected chi connectivity index (χ3v) is 4.35. The number of amides is 1. The molecular weight excluding hydrogens is 293 g/mol. The van der Waals surface area contributed by atoms with Crippen LogP contribution in [0, 0.1) is 0 Å². The van der Waals surface area contributed by atoms with Crippen LogP contribution in [0.5, 0.6) is 0 Å². The highest BCUT2D eigenvalue weighted by molar-refractivity contribution is 6.13. The van der Waals surface area contributed by atoms with Crippen LogP contribution in [0.25, 0.3) is 0 Å². The molecule has 3 nitrogen and oxygen atoms in total. The van der Waals surface area contributed by atoms with Gasteiger partial charge in [-0.1, -0.05) is 12.1 Å². The Kier molecular flexibility index (Phi) is 2.99. The van der Waals surface area contributed by atoms with Crippen LogP contribution in [0.3, 0.4) is 0 Å². The van der Waals surface area contributed by atoms with Gasteiger partial charge in [-0.2, -0.15) is 13.2 Å². The third-order valence-electron chi connectivity index (χ3n) is 4.08. The Hall–Kier alpha value is -1.27. The summed E-state index contributed by atoms with van der Waals surface area (Å²) in [6, 6.07) is 3.74. The molecule has 1 saturated heterocycles. The maximum absolute atomic E-state index is 13.1. The quantitative estimate of drug-likeness (QED) is 0.688. The van der Waals surface area contributed by atoms with Gasteiger partial charge in [-0.25, -0.2) is 4.42 Å². The Morgan fingerprint density at radius 1 is 1.30 bits per heavy atom. The van der Waals surface area contributed by atoms with Gasteiger partial charge in [-0.05, 0) is 23.4 Å². The van der Waals surface area contributed by atoms with E-state index in [1.807, 2.05) is 0 Å². The van der Waals surface area contributed by atoms with Crippen molar-refractivity contribution >= 4 is 17.7 Å². The second-order valence-corrected chi connectivity index (χ2v) is 5.66. The van der Waals surface area contributed by atoms with Crippen LogP contribution in [0.1, 0.15) is 27.4 Å². The fraction of sp³-hybridized carbons (Fsp3) is 0.462. The number of fused-ring (bicyclic) bond motifs is 3. The molecule has 20 heavy (non-hydrogen) atoms. The van der Waals surface area contributed by atoms with Crippen molar-refractivity contribution in [1.82, 2.24) is 9.32 Å². The highest BCUT2D eigenvalue weighted by Crippen LogP contribution is 2.43. The van der Waals surface area contributed by atoms with Gasteiger partial charge in [0.25, 0.3) is 5.91 Å². The van der Waals surface area contributed by atoms with Crippen LogP contribution in [-0.4, -0.2) is 41.4 Å². The van der Waals surface area contributed by atoms with Crippen molar-refractivity contribution in [2.75, 3.05) is 20.1 Å². The highest BCUT2D eigenvalue weighted by atomic mass is 35.5. The molecule has 2 heterocycles. The average Bonchev–Trinajstić information content (AvgIpc) is 2.76. The smallest absolute Gasteiger partial charge is 0.337 e. The van der Waals surface area contributed by atoms with Gasteiger partial charge < -0.3 is 4.90 Å². The van der Waals surface area contributed by atoms with Gasteiger partial charge in [0.2, 0.25) is 0 Å². The van der Waals surface area contributed by atoms with Gasteiger partial charge in [0.05, 0.1) is 17.2 Å². The summed E-state index contributed by atoms with van der Waals surface area (Å²) >= 11 is 5.97. The fourth-order valence-electron chi connectivity index (χ4n) is 3.12. The number of nitrogens with zero attached hydrogens (tertiary/aromatic N) is 2. The van der Waals surface area contributed by atoms with Gasteiger partial charge in [0, 0.05) is 26.1 Å². The summed E-state index contributed by atoms with van der Waals surface area (Å²) in [6.07, 6.45) is -4.53. The van der Waals surface area contributed by atoms with Crippen LogP contribution in [0.4, 0.5) is 13.2 Å². The molecule has 2 aliphatic rings. The normalized spacial score (nSPS) is 26.6. The molecule has 1 amide bonds. The number of likely N-dealkylation sites (N-methyl/N-ethyl adjacent to an activating group) is 1. The largest absolute Gasteiger partial charge is 0.417 e. The van der Waals surface area contributed by atoms with Crippen LogP contribution in [-0.2, 0) is 6.18 Å². The zero-order chi connectivity index (χ0) is 14.7. The predicted octanol–water partition coefficient (Wildman–Crippen LogP) is 2.71. The molecule has 0 radical (unpaired) electrons. The lowest BCUT2D eigenvalue weighted by Gasteiger charge is -2.36. The van der Waals surface area contributed by atoms with E-state index in [-0.39, 0.29) is 17.5 Å². The van der Waals surface area contributed by atoms with Crippen molar-refractivity contribution in [3.05, 3.63) is 34.9 Å². The molecular formula is C13H12ClF3N2O. The number of carbonyl (C=O) groups excluding carboxylic acids is 1. The van der Waals surface area contributed by atoms with E-state index in [1.165, 1.54) is 22.4 Å². The second-order valence-electron chi connectivity index (χ2n) is 5.19. The van der Waals surface area contributed by atoms with E-state index in [0.717, 1.165) is 6.07 Å². The molecule has 7 heteroatoms. The van der Waals surface area contributed by atoms with Gasteiger partial charge >= 0.3 is 6.18 Å². The Morgan fingerprint density at radius 3 is 2.65 bits per heavy atom. The SMILES string of the molecule is CN1C(=O)c2c(cccc2C(F)(F)F)[C@@H]2CN(Cl)C[C@H]21. The number of rotatable bonds is 0. The van der Waals surface area contributed by atoms with Crippen LogP contribution in [0.15, 0.2) is 18.2 Å². The minimum atomic E-state index is -4.53. The lowest BCUT2D eigenvalue weighted by atomic mass is 9.83. The van der Waals surface area contributed by atoms with Crippen molar-refractivity contribution < 1.29 is 18.0 Å². The second kappa shape index (κ2) is 4.36. The van der Waals surface area contributed by atoms with Crippen molar-refractivity contribution in [2.24, 2.45) is 0 Å². The van der Waals surface area contributed by atoms with Crippen molar-refractivity contribution in [2.45, 2.75) is 18.1 Å². The summed E-state index contributed by atoms with van der Waals surface area (Å²) in [7, 11) is 1.53. The fourth-order valence-corrected chi connectivity index (χ4v) is 3.41. The first-order valence-electron chi connectivity index (χ1n) is 6.18. The summed E-state index contributed by atoms with van der Waals surface area (Å²) in [5.74, 6) is -0.756. The van der Waals surface area contributed by atoms with Crippen LogP contribution < -0.4 is 0 Å². The zero-order valence-corrected chi connectivity index (χ0v) is 11.4. The maximum atomic E-state index is 13.1. The molecule has 0 saturated carbocycles. The topological polar surface area (TPSA) is 23.6 Å². The molecule has 0 aliphatic carbocycles. The summed E-state index contributed by atoms with van der Waals surface area (Å²) in [4.78, 5) is 13.7. The zero-order valence-electron chi connectivity index (χ0n) is 10.6. The number of benzene rings is 1. The molecule has 1 aromatic carbocycles. The maximum Gasteiger partial charge on any atom is 0.417 e. The summed E-state index contributed by atoms with van der Waals surface area (Å²) < 4.78 is 40.8. The standard InChI is InChI=1S/C13H12ClF3N2O/c1-18-10-6-19(14)5-8(10)7-3-2-4-9(13(15,16)17)11(7)12(18)20/h2-4,8,10H,5-6H2,1H3/t8-,10+/m0/s1. The van der Waals surface area contributed by atoms with E-state index in [1.54, 1.807) is 6.07 Å². The van der Waals surface area contributed by atoms with E-state index in [2.05, 4.69) is 0 Å². The number of hydrogen-bond donors (Lipinski definition) is 0. The lowest BCUT2D eigenvalue weighted by molar-refractivity contribution is -0.138. The molecule has 0 bridgehead atoms. The first-order chi connectivity index (χ1) is 9.30. The molecule has 1 aromatic rings. The molecule has 2 aliphatic heterocycles. The van der Waals surface area contributed by atoms with E-state index in [4.69, 9.17) is 11.8 Å². The van der Waals surface area contributed by atoms with Crippen molar-refractivity contribution in [3.8, 4) is 0 Å². The third kappa shape index (κ3) is 1.90. The van der Waals surface area contributed by atoms with Crippen LogP contribution >= 0.6 is 11.8 Å². The molecule has 1 fully saturated rings. The Bertz CT molecular complexity index is 575. The number of carbonyl (C=O) groups is 1. The molecule has 0 spiro atoms. The summed E-state index contributed by atoms with van der Waals surface area (Å²) in [6.45, 7) is 0.905. The van der Waals surface area contributed by atoms with Crippen molar-refractivity contribution in [3.63, 3.8) is 0 Å². The first kappa shape index (κ1) is 13.7. The average molecular weight is 305 g/mol.